The zero-order valence-electron chi connectivity index (χ0n) is 9.70. The normalized spacial score (nSPS) is 33.6. The maximum Gasteiger partial charge on any atom is 0.0573 e. The maximum absolute atomic E-state index is 10.0. The predicted molar refractivity (Wildman–Crippen MR) is 64.7 cm³/mol. The minimum absolute atomic E-state index is 0.0318. The molecule has 1 aliphatic carbocycles. The summed E-state index contributed by atoms with van der Waals surface area (Å²) in [7, 11) is 0. The van der Waals surface area contributed by atoms with Crippen LogP contribution in [0.25, 0.3) is 0 Å². The molecule has 14 heavy (non-hydrogen) atoms. The van der Waals surface area contributed by atoms with Crippen LogP contribution in [0.3, 0.4) is 0 Å². The van der Waals surface area contributed by atoms with Gasteiger partial charge in [-0.15, -0.1) is 0 Å². The molecule has 3 unspecified atom stereocenters. The van der Waals surface area contributed by atoms with Gasteiger partial charge in [-0.05, 0) is 55.4 Å². The molecule has 0 amide bonds. The van der Waals surface area contributed by atoms with E-state index in [2.05, 4.69) is 20.1 Å². The zero-order valence-corrected chi connectivity index (χ0v) is 10.5. The first-order chi connectivity index (χ1) is 6.65. The van der Waals surface area contributed by atoms with Gasteiger partial charge in [0.1, 0.15) is 0 Å². The fourth-order valence-corrected chi connectivity index (χ4v) is 3.15. The first kappa shape index (κ1) is 12.4. The monoisotopic (exact) mass is 216 g/mol. The third-order valence-corrected chi connectivity index (χ3v) is 4.21. The third-order valence-electron chi connectivity index (χ3n) is 3.56. The Morgan fingerprint density at radius 3 is 2.57 bits per heavy atom. The van der Waals surface area contributed by atoms with Gasteiger partial charge in [0.05, 0.1) is 6.10 Å². The minimum atomic E-state index is -0.0318. The van der Waals surface area contributed by atoms with E-state index in [0.29, 0.717) is 11.8 Å². The molecule has 0 bridgehead atoms. The molecule has 0 aromatic heterocycles. The van der Waals surface area contributed by atoms with E-state index in [4.69, 9.17) is 0 Å². The Labute approximate surface area is 92.7 Å². The molecule has 0 radical (unpaired) electrons. The van der Waals surface area contributed by atoms with Crippen molar-refractivity contribution in [3.8, 4) is 0 Å². The first-order valence-corrected chi connectivity index (χ1v) is 7.21. The van der Waals surface area contributed by atoms with Crippen molar-refractivity contribution in [1.82, 2.24) is 0 Å². The van der Waals surface area contributed by atoms with E-state index in [1.54, 1.807) is 0 Å². The van der Waals surface area contributed by atoms with Crippen LogP contribution in [0.15, 0.2) is 0 Å². The van der Waals surface area contributed by atoms with Crippen molar-refractivity contribution in [2.45, 2.75) is 45.6 Å². The Hall–Kier alpha value is 0.310. The standard InChI is InChI=1S/C12H24OS/c1-9(2)11-5-4-10(6-7-14-3)8-12(11)13/h9-13H,4-8H2,1-3H3. The molecule has 3 atom stereocenters. The van der Waals surface area contributed by atoms with Crippen molar-refractivity contribution in [2.24, 2.45) is 17.8 Å². The highest BCUT2D eigenvalue weighted by Gasteiger charge is 2.30. The van der Waals surface area contributed by atoms with E-state index < -0.39 is 0 Å². The van der Waals surface area contributed by atoms with Crippen molar-refractivity contribution in [3.63, 3.8) is 0 Å². The first-order valence-electron chi connectivity index (χ1n) is 5.82. The second-order valence-corrected chi connectivity index (χ2v) is 5.92. The van der Waals surface area contributed by atoms with Crippen LogP contribution in [-0.4, -0.2) is 23.2 Å². The molecule has 1 rings (SSSR count). The average Bonchev–Trinajstić information content (AvgIpc) is 2.14. The van der Waals surface area contributed by atoms with Crippen LogP contribution in [-0.2, 0) is 0 Å². The van der Waals surface area contributed by atoms with Gasteiger partial charge < -0.3 is 5.11 Å². The van der Waals surface area contributed by atoms with Gasteiger partial charge in [-0.25, -0.2) is 0 Å². The van der Waals surface area contributed by atoms with Gasteiger partial charge >= 0.3 is 0 Å². The molecular weight excluding hydrogens is 192 g/mol. The van der Waals surface area contributed by atoms with Gasteiger partial charge in [0.15, 0.2) is 0 Å². The van der Waals surface area contributed by atoms with Crippen LogP contribution in [0, 0.1) is 17.8 Å². The summed E-state index contributed by atoms with van der Waals surface area (Å²) in [6, 6.07) is 0. The molecule has 0 aliphatic heterocycles. The quantitative estimate of drug-likeness (QED) is 0.779. The molecule has 0 aromatic rings. The van der Waals surface area contributed by atoms with Crippen LogP contribution in [0.1, 0.15) is 39.5 Å². The molecule has 0 aromatic carbocycles. The maximum atomic E-state index is 10.0. The van der Waals surface area contributed by atoms with Crippen molar-refractivity contribution in [3.05, 3.63) is 0 Å². The van der Waals surface area contributed by atoms with Crippen molar-refractivity contribution in [1.29, 1.82) is 0 Å². The molecule has 1 saturated carbocycles. The van der Waals surface area contributed by atoms with E-state index in [-0.39, 0.29) is 6.10 Å². The van der Waals surface area contributed by atoms with E-state index >= 15 is 0 Å². The summed E-state index contributed by atoms with van der Waals surface area (Å²) in [5.74, 6) is 3.24. The van der Waals surface area contributed by atoms with Crippen LogP contribution >= 0.6 is 11.8 Å². The second-order valence-electron chi connectivity index (χ2n) is 4.94. The molecule has 1 nitrogen and oxygen atoms in total. The van der Waals surface area contributed by atoms with Gasteiger partial charge in [-0.2, -0.15) is 11.8 Å². The van der Waals surface area contributed by atoms with Gasteiger partial charge in [0, 0.05) is 0 Å². The lowest BCUT2D eigenvalue weighted by Gasteiger charge is -2.35. The van der Waals surface area contributed by atoms with E-state index in [9.17, 15) is 5.11 Å². The molecular formula is C12H24OS. The predicted octanol–water partition coefficient (Wildman–Crippen LogP) is 3.17. The van der Waals surface area contributed by atoms with Crippen LogP contribution in [0.2, 0.25) is 0 Å². The second kappa shape index (κ2) is 6.02. The Morgan fingerprint density at radius 1 is 1.36 bits per heavy atom. The Balaban J connectivity index is 2.31. The number of aliphatic hydroxyl groups is 1. The zero-order chi connectivity index (χ0) is 10.6. The van der Waals surface area contributed by atoms with Gasteiger partial charge in [0.2, 0.25) is 0 Å². The molecule has 0 heterocycles. The largest absolute Gasteiger partial charge is 0.393 e. The molecule has 1 N–H and O–H groups in total. The molecule has 1 aliphatic rings. The summed E-state index contributed by atoms with van der Waals surface area (Å²) in [6.07, 6.45) is 7.04. The average molecular weight is 216 g/mol. The van der Waals surface area contributed by atoms with Gasteiger partial charge in [0.25, 0.3) is 0 Å². The minimum Gasteiger partial charge on any atom is -0.393 e. The molecule has 0 spiro atoms. The molecule has 2 heteroatoms. The highest BCUT2D eigenvalue weighted by molar-refractivity contribution is 7.98. The number of hydrogen-bond acceptors (Lipinski definition) is 2. The molecule has 0 saturated heterocycles. The smallest absolute Gasteiger partial charge is 0.0573 e. The van der Waals surface area contributed by atoms with Crippen LogP contribution in [0.4, 0.5) is 0 Å². The topological polar surface area (TPSA) is 20.2 Å². The van der Waals surface area contributed by atoms with E-state index in [1.165, 1.54) is 25.0 Å². The van der Waals surface area contributed by atoms with Crippen molar-refractivity contribution in [2.75, 3.05) is 12.0 Å². The van der Waals surface area contributed by atoms with E-state index in [0.717, 1.165) is 12.3 Å². The molecule has 84 valence electrons. The summed E-state index contributed by atoms with van der Waals surface area (Å²) >= 11 is 1.92. The summed E-state index contributed by atoms with van der Waals surface area (Å²) in [4.78, 5) is 0. The van der Waals surface area contributed by atoms with Crippen LogP contribution in [0.5, 0.6) is 0 Å². The number of thioether (sulfide) groups is 1. The summed E-state index contributed by atoms with van der Waals surface area (Å²) < 4.78 is 0. The SMILES string of the molecule is CSCCC1CCC(C(C)C)C(O)C1. The fraction of sp³-hybridized carbons (Fsp3) is 1.00. The van der Waals surface area contributed by atoms with Gasteiger partial charge in [-0.3, -0.25) is 0 Å². The Kier molecular flexibility index (Phi) is 5.32. The lowest BCUT2D eigenvalue weighted by molar-refractivity contribution is 0.0223. The number of aliphatic hydroxyl groups excluding tert-OH is 1. The summed E-state index contributed by atoms with van der Waals surface area (Å²) in [5, 5.41) is 10.0. The number of rotatable bonds is 4. The van der Waals surface area contributed by atoms with E-state index in [1.807, 2.05) is 11.8 Å². The Bertz CT molecular complexity index is 158. The fourth-order valence-electron chi connectivity index (χ4n) is 2.58. The summed E-state index contributed by atoms with van der Waals surface area (Å²) in [5.41, 5.74) is 0. The van der Waals surface area contributed by atoms with Crippen molar-refractivity contribution < 1.29 is 5.11 Å². The third kappa shape index (κ3) is 3.47. The van der Waals surface area contributed by atoms with Crippen molar-refractivity contribution >= 4 is 11.8 Å². The lowest BCUT2D eigenvalue weighted by Crippen LogP contribution is -2.32. The Morgan fingerprint density at radius 2 is 2.07 bits per heavy atom. The summed E-state index contributed by atoms with van der Waals surface area (Å²) in [6.45, 7) is 4.46. The molecule has 1 fully saturated rings. The van der Waals surface area contributed by atoms with Gasteiger partial charge in [-0.1, -0.05) is 13.8 Å². The highest BCUT2D eigenvalue weighted by atomic mass is 32.2. The van der Waals surface area contributed by atoms with Crippen LogP contribution < -0.4 is 0 Å². The number of hydrogen-bond donors (Lipinski definition) is 1. The lowest BCUT2D eigenvalue weighted by atomic mass is 9.74. The highest BCUT2D eigenvalue weighted by Crippen LogP contribution is 2.35.